The molecule has 0 saturated heterocycles. The summed E-state index contributed by atoms with van der Waals surface area (Å²) in [4.78, 5) is 0. The molecule has 0 N–H and O–H groups in total. The van der Waals surface area contributed by atoms with E-state index in [-0.39, 0.29) is 0 Å². The summed E-state index contributed by atoms with van der Waals surface area (Å²) in [6.45, 7) is -2.86. The van der Waals surface area contributed by atoms with Crippen molar-refractivity contribution in [2.45, 2.75) is 13.4 Å². The molecule has 0 fully saturated rings. The van der Waals surface area contributed by atoms with Gasteiger partial charge in [0.15, 0.2) is 0 Å². The molecule has 0 aliphatic heterocycles. The number of hydrogen-bond acceptors (Lipinski definition) is 0. The van der Waals surface area contributed by atoms with Crippen LogP contribution in [-0.4, -0.2) is 11.5 Å². The Kier molecular flexibility index (Phi) is 2.25. The number of halogens is 3. The third-order valence-corrected chi connectivity index (χ3v) is 2.33. The first-order valence-corrected chi connectivity index (χ1v) is 4.72. The van der Waals surface area contributed by atoms with E-state index in [1.165, 1.54) is 10.8 Å². The molecule has 0 aliphatic rings. The van der Waals surface area contributed by atoms with Crippen molar-refractivity contribution in [3.63, 3.8) is 0 Å². The normalized spacial score (nSPS) is 12.3. The van der Waals surface area contributed by atoms with Gasteiger partial charge >= 0.3 is 6.98 Å². The second-order valence-electron chi connectivity index (χ2n) is 3.74. The topological polar surface area (TPSA) is 4.93 Å². The van der Waals surface area contributed by atoms with Gasteiger partial charge in [0.25, 0.3) is 0 Å². The van der Waals surface area contributed by atoms with Crippen molar-refractivity contribution in [2.75, 3.05) is 0 Å². The molecular formula is C10H10BF3N-. The number of benzene rings is 1. The van der Waals surface area contributed by atoms with Crippen molar-refractivity contribution in [1.29, 1.82) is 0 Å². The van der Waals surface area contributed by atoms with Gasteiger partial charge in [-0.25, -0.2) is 0 Å². The average molecular weight is 212 g/mol. The molecule has 0 spiro atoms. The highest BCUT2D eigenvalue weighted by molar-refractivity contribution is 6.57. The second-order valence-corrected chi connectivity index (χ2v) is 3.74. The standard InChI is InChI=1S/C10H10BF3N/c1-8-2-3-10-9(6-8)4-5-15(10)7-11(12,13)14/h2-6H,7H2,1H3/q-1. The molecule has 0 atom stereocenters. The lowest BCUT2D eigenvalue weighted by atomic mass is 9.92. The number of aryl methyl sites for hydroxylation is 1. The molecule has 80 valence electrons. The predicted molar refractivity (Wildman–Crippen MR) is 55.8 cm³/mol. The minimum absolute atomic E-state index is 0.639. The summed E-state index contributed by atoms with van der Waals surface area (Å²) in [6, 6.07) is 7.15. The van der Waals surface area contributed by atoms with Gasteiger partial charge < -0.3 is 17.5 Å². The van der Waals surface area contributed by atoms with E-state index < -0.39 is 13.4 Å². The summed E-state index contributed by atoms with van der Waals surface area (Å²) in [5, 5.41) is 0.857. The Morgan fingerprint density at radius 1 is 1.20 bits per heavy atom. The largest absolute Gasteiger partial charge is 0.497 e. The molecule has 0 radical (unpaired) electrons. The Morgan fingerprint density at radius 2 is 1.93 bits per heavy atom. The minimum atomic E-state index is -4.78. The van der Waals surface area contributed by atoms with Crippen LogP contribution in [0.4, 0.5) is 12.9 Å². The molecule has 0 saturated carbocycles. The van der Waals surface area contributed by atoms with Gasteiger partial charge in [0, 0.05) is 11.7 Å². The zero-order chi connectivity index (χ0) is 11.1. The summed E-state index contributed by atoms with van der Waals surface area (Å²) < 4.78 is 38.0. The number of aromatic nitrogens is 1. The van der Waals surface area contributed by atoms with Crippen LogP contribution in [0.2, 0.25) is 0 Å². The summed E-state index contributed by atoms with van der Waals surface area (Å²) >= 11 is 0. The fourth-order valence-corrected chi connectivity index (χ4v) is 1.70. The molecule has 1 nitrogen and oxygen atoms in total. The molecule has 5 heteroatoms. The van der Waals surface area contributed by atoms with E-state index in [0.29, 0.717) is 5.52 Å². The molecule has 0 bridgehead atoms. The zero-order valence-corrected chi connectivity index (χ0v) is 8.25. The monoisotopic (exact) mass is 212 g/mol. The van der Waals surface area contributed by atoms with Crippen molar-refractivity contribution >= 4 is 17.9 Å². The Bertz CT molecular complexity index is 487. The molecular weight excluding hydrogens is 202 g/mol. The molecule has 2 aromatic rings. The zero-order valence-electron chi connectivity index (χ0n) is 8.25. The number of fused-ring (bicyclic) bond motifs is 1. The first-order chi connectivity index (χ1) is 6.96. The van der Waals surface area contributed by atoms with Crippen molar-refractivity contribution in [3.8, 4) is 0 Å². The second kappa shape index (κ2) is 3.33. The van der Waals surface area contributed by atoms with Crippen LogP contribution in [0.15, 0.2) is 30.5 Å². The fraction of sp³-hybridized carbons (Fsp3) is 0.200. The number of nitrogens with zero attached hydrogens (tertiary/aromatic N) is 1. The molecule has 15 heavy (non-hydrogen) atoms. The van der Waals surface area contributed by atoms with Crippen molar-refractivity contribution in [2.24, 2.45) is 0 Å². The van der Waals surface area contributed by atoms with Gasteiger partial charge in [0.1, 0.15) is 0 Å². The SMILES string of the molecule is Cc1ccc2c(ccn2C[B-](F)(F)F)c1. The molecule has 0 unspecified atom stereocenters. The molecule has 1 aromatic heterocycles. The van der Waals surface area contributed by atoms with Crippen LogP contribution in [0.25, 0.3) is 10.9 Å². The van der Waals surface area contributed by atoms with Crippen LogP contribution in [0.1, 0.15) is 5.56 Å². The maximum absolute atomic E-state index is 12.3. The molecule has 0 amide bonds. The van der Waals surface area contributed by atoms with E-state index in [4.69, 9.17) is 0 Å². The lowest BCUT2D eigenvalue weighted by Gasteiger charge is -2.15. The van der Waals surface area contributed by atoms with Crippen LogP contribution >= 0.6 is 0 Å². The van der Waals surface area contributed by atoms with E-state index in [1.807, 2.05) is 19.1 Å². The highest BCUT2D eigenvalue weighted by atomic mass is 19.4. The van der Waals surface area contributed by atoms with Crippen LogP contribution in [-0.2, 0) is 6.44 Å². The minimum Gasteiger partial charge on any atom is -0.448 e. The van der Waals surface area contributed by atoms with Gasteiger partial charge in [-0.2, -0.15) is 0 Å². The van der Waals surface area contributed by atoms with E-state index >= 15 is 0 Å². The fourth-order valence-electron chi connectivity index (χ4n) is 1.70. The number of hydrogen-bond donors (Lipinski definition) is 0. The van der Waals surface area contributed by atoms with Crippen molar-refractivity contribution in [3.05, 3.63) is 36.0 Å². The smallest absolute Gasteiger partial charge is 0.448 e. The Morgan fingerprint density at radius 3 is 2.60 bits per heavy atom. The third-order valence-electron chi connectivity index (χ3n) is 2.33. The highest BCUT2D eigenvalue weighted by Gasteiger charge is 2.23. The summed E-state index contributed by atoms with van der Waals surface area (Å²) in [5.41, 5.74) is 1.69. The van der Waals surface area contributed by atoms with Gasteiger partial charge in [0.05, 0.1) is 0 Å². The van der Waals surface area contributed by atoms with E-state index in [9.17, 15) is 12.9 Å². The van der Waals surface area contributed by atoms with E-state index in [1.54, 1.807) is 12.1 Å². The van der Waals surface area contributed by atoms with Crippen molar-refractivity contribution < 1.29 is 12.9 Å². The first-order valence-electron chi connectivity index (χ1n) is 4.72. The Hall–Kier alpha value is -1.39. The Labute approximate surface area is 85.6 Å². The first kappa shape index (κ1) is 10.1. The van der Waals surface area contributed by atoms with Crippen LogP contribution in [0.5, 0.6) is 0 Å². The van der Waals surface area contributed by atoms with Gasteiger partial charge in [0.2, 0.25) is 0 Å². The lowest BCUT2D eigenvalue weighted by molar-refractivity contribution is 0.448. The average Bonchev–Trinajstić information content (AvgIpc) is 2.45. The maximum Gasteiger partial charge on any atom is 0.497 e. The molecule has 0 aliphatic carbocycles. The molecule has 1 heterocycles. The highest BCUT2D eigenvalue weighted by Crippen LogP contribution is 2.20. The molecule has 1 aromatic carbocycles. The Balaban J connectivity index is 2.45. The van der Waals surface area contributed by atoms with E-state index in [2.05, 4.69) is 0 Å². The summed E-state index contributed by atoms with van der Waals surface area (Å²) in [5.74, 6) is 0. The van der Waals surface area contributed by atoms with Crippen LogP contribution in [0, 0.1) is 6.92 Å². The maximum atomic E-state index is 12.3. The van der Waals surface area contributed by atoms with Gasteiger partial charge in [-0.1, -0.05) is 11.6 Å². The summed E-state index contributed by atoms with van der Waals surface area (Å²) in [6.07, 6.45) is 0.617. The summed E-state index contributed by atoms with van der Waals surface area (Å²) in [7, 11) is 0. The lowest BCUT2D eigenvalue weighted by Crippen LogP contribution is -2.23. The van der Waals surface area contributed by atoms with Crippen molar-refractivity contribution in [1.82, 2.24) is 4.57 Å². The van der Waals surface area contributed by atoms with E-state index in [0.717, 1.165) is 10.9 Å². The van der Waals surface area contributed by atoms with Gasteiger partial charge in [-0.3, -0.25) is 0 Å². The van der Waals surface area contributed by atoms with Gasteiger partial charge in [-0.05, 0) is 37.0 Å². The predicted octanol–water partition coefficient (Wildman–Crippen LogP) is 3.34. The third kappa shape index (κ3) is 2.17. The molecule has 2 rings (SSSR count). The quantitative estimate of drug-likeness (QED) is 0.672. The van der Waals surface area contributed by atoms with Crippen LogP contribution in [0.3, 0.4) is 0 Å². The van der Waals surface area contributed by atoms with Crippen LogP contribution < -0.4 is 0 Å². The van der Waals surface area contributed by atoms with Gasteiger partial charge in [-0.15, -0.1) is 0 Å². The number of rotatable bonds is 2.